The van der Waals surface area contributed by atoms with Crippen LogP contribution < -0.4 is 5.32 Å². The summed E-state index contributed by atoms with van der Waals surface area (Å²) in [6, 6.07) is 12.4. The fourth-order valence-corrected chi connectivity index (χ4v) is 4.02. The normalized spacial score (nSPS) is 25.5. The molecule has 5 heteroatoms. The Morgan fingerprint density at radius 2 is 2.04 bits per heavy atom. The van der Waals surface area contributed by atoms with Gasteiger partial charge in [0.2, 0.25) is 5.91 Å². The van der Waals surface area contributed by atoms with Gasteiger partial charge in [0.1, 0.15) is 5.82 Å². The van der Waals surface area contributed by atoms with Crippen molar-refractivity contribution in [3.8, 4) is 11.1 Å². The zero-order valence-electron chi connectivity index (χ0n) is 13.7. The lowest BCUT2D eigenvalue weighted by Gasteiger charge is -2.16. The van der Waals surface area contributed by atoms with Crippen LogP contribution in [0.1, 0.15) is 18.4 Å². The van der Waals surface area contributed by atoms with Gasteiger partial charge in [0, 0.05) is 23.2 Å². The van der Waals surface area contributed by atoms with Crippen molar-refractivity contribution >= 4 is 17.5 Å². The number of rotatable bonds is 3. The fraction of sp³-hybridized carbons (Fsp3) is 0.350. The molecule has 2 aromatic rings. The van der Waals surface area contributed by atoms with Crippen molar-refractivity contribution in [3.05, 3.63) is 58.9 Å². The summed E-state index contributed by atoms with van der Waals surface area (Å²) in [5, 5.41) is 3.61. The number of carbonyl (C=O) groups is 1. The monoisotopic (exact) mass is 359 g/mol. The second kappa shape index (κ2) is 6.43. The standard InChI is InChI=1S/C20H19ClFNO2/c21-15-5-6-18(22)17(10-15)14-3-1-13(2-4-14)9-16-11-20(19(24)23-16)7-8-25-12-20/h1-6,10,16H,7-9,11-12H2,(H,23,24). The summed E-state index contributed by atoms with van der Waals surface area (Å²) in [7, 11) is 0. The quantitative estimate of drug-likeness (QED) is 0.900. The van der Waals surface area contributed by atoms with Gasteiger partial charge in [-0.2, -0.15) is 0 Å². The van der Waals surface area contributed by atoms with E-state index >= 15 is 0 Å². The van der Waals surface area contributed by atoms with Gasteiger partial charge < -0.3 is 10.1 Å². The molecular weight excluding hydrogens is 341 g/mol. The topological polar surface area (TPSA) is 38.3 Å². The van der Waals surface area contributed by atoms with Crippen LogP contribution in [-0.2, 0) is 16.0 Å². The van der Waals surface area contributed by atoms with Crippen LogP contribution in [0.25, 0.3) is 11.1 Å². The predicted molar refractivity (Wildman–Crippen MR) is 95.0 cm³/mol. The molecule has 0 radical (unpaired) electrons. The number of amides is 1. The Morgan fingerprint density at radius 3 is 2.76 bits per heavy atom. The van der Waals surface area contributed by atoms with Crippen LogP contribution in [0.4, 0.5) is 4.39 Å². The smallest absolute Gasteiger partial charge is 0.228 e. The number of benzene rings is 2. The summed E-state index contributed by atoms with van der Waals surface area (Å²) < 4.78 is 19.4. The highest BCUT2D eigenvalue weighted by Gasteiger charge is 2.49. The molecule has 2 saturated heterocycles. The van der Waals surface area contributed by atoms with E-state index < -0.39 is 0 Å². The molecule has 1 amide bonds. The molecular formula is C20H19ClFNO2. The molecule has 3 nitrogen and oxygen atoms in total. The van der Waals surface area contributed by atoms with Crippen molar-refractivity contribution in [2.24, 2.45) is 5.41 Å². The highest BCUT2D eigenvalue weighted by Crippen LogP contribution is 2.39. The molecule has 1 N–H and O–H groups in total. The minimum Gasteiger partial charge on any atom is -0.380 e. The lowest BCUT2D eigenvalue weighted by Crippen LogP contribution is -2.32. The van der Waals surface area contributed by atoms with Gasteiger partial charge in [-0.25, -0.2) is 4.39 Å². The Morgan fingerprint density at radius 1 is 1.24 bits per heavy atom. The first-order valence-electron chi connectivity index (χ1n) is 8.49. The molecule has 0 aromatic heterocycles. The van der Waals surface area contributed by atoms with Gasteiger partial charge in [-0.1, -0.05) is 35.9 Å². The van der Waals surface area contributed by atoms with Crippen LogP contribution in [0.15, 0.2) is 42.5 Å². The summed E-state index contributed by atoms with van der Waals surface area (Å²) in [4.78, 5) is 12.3. The molecule has 25 heavy (non-hydrogen) atoms. The van der Waals surface area contributed by atoms with Gasteiger partial charge in [0.25, 0.3) is 0 Å². The third-order valence-electron chi connectivity index (χ3n) is 5.23. The molecule has 2 aliphatic heterocycles. The number of halogens is 2. The van der Waals surface area contributed by atoms with E-state index in [0.29, 0.717) is 23.8 Å². The Bertz CT molecular complexity index is 800. The van der Waals surface area contributed by atoms with Gasteiger partial charge in [-0.3, -0.25) is 4.79 Å². The first kappa shape index (κ1) is 16.6. The van der Waals surface area contributed by atoms with E-state index in [1.165, 1.54) is 6.07 Å². The van der Waals surface area contributed by atoms with Crippen LogP contribution in [0.3, 0.4) is 0 Å². The molecule has 2 fully saturated rings. The number of carbonyl (C=O) groups excluding carboxylic acids is 1. The Balaban J connectivity index is 1.48. The first-order valence-corrected chi connectivity index (χ1v) is 8.87. The van der Waals surface area contributed by atoms with E-state index in [2.05, 4.69) is 5.32 Å². The van der Waals surface area contributed by atoms with E-state index in [-0.39, 0.29) is 23.2 Å². The maximum Gasteiger partial charge on any atom is 0.228 e. The number of hydrogen-bond acceptors (Lipinski definition) is 2. The van der Waals surface area contributed by atoms with Gasteiger partial charge in [-0.15, -0.1) is 0 Å². The summed E-state index contributed by atoms with van der Waals surface area (Å²) in [5.41, 5.74) is 2.08. The second-order valence-electron chi connectivity index (χ2n) is 6.98. The Kier molecular flexibility index (Phi) is 4.26. The summed E-state index contributed by atoms with van der Waals surface area (Å²) in [6.07, 6.45) is 2.39. The van der Waals surface area contributed by atoms with Crippen molar-refractivity contribution in [1.29, 1.82) is 0 Å². The van der Waals surface area contributed by atoms with E-state index in [4.69, 9.17) is 16.3 Å². The lowest BCUT2D eigenvalue weighted by atomic mass is 9.83. The highest BCUT2D eigenvalue weighted by atomic mass is 35.5. The van der Waals surface area contributed by atoms with E-state index in [0.717, 1.165) is 30.4 Å². The molecule has 2 aliphatic rings. The molecule has 130 valence electrons. The van der Waals surface area contributed by atoms with Crippen LogP contribution in [-0.4, -0.2) is 25.2 Å². The van der Waals surface area contributed by atoms with Crippen molar-refractivity contribution in [3.63, 3.8) is 0 Å². The van der Waals surface area contributed by atoms with Gasteiger partial charge in [0.05, 0.1) is 12.0 Å². The van der Waals surface area contributed by atoms with E-state index in [9.17, 15) is 9.18 Å². The van der Waals surface area contributed by atoms with Gasteiger partial charge in [-0.05, 0) is 48.6 Å². The van der Waals surface area contributed by atoms with Crippen LogP contribution in [0.2, 0.25) is 5.02 Å². The zero-order valence-corrected chi connectivity index (χ0v) is 14.5. The zero-order chi connectivity index (χ0) is 17.4. The molecule has 4 rings (SSSR count). The van der Waals surface area contributed by atoms with Gasteiger partial charge >= 0.3 is 0 Å². The van der Waals surface area contributed by atoms with Gasteiger partial charge in [0.15, 0.2) is 0 Å². The van der Waals surface area contributed by atoms with E-state index in [1.807, 2.05) is 24.3 Å². The maximum atomic E-state index is 14.0. The fourth-order valence-electron chi connectivity index (χ4n) is 3.85. The average molecular weight is 360 g/mol. The van der Waals surface area contributed by atoms with Crippen LogP contribution in [0.5, 0.6) is 0 Å². The largest absolute Gasteiger partial charge is 0.380 e. The molecule has 2 heterocycles. The van der Waals surface area contributed by atoms with E-state index in [1.54, 1.807) is 12.1 Å². The summed E-state index contributed by atoms with van der Waals surface area (Å²) >= 11 is 5.97. The van der Waals surface area contributed by atoms with Crippen molar-refractivity contribution in [1.82, 2.24) is 5.32 Å². The SMILES string of the molecule is O=C1NC(Cc2ccc(-c3cc(Cl)ccc3F)cc2)CC12CCOC2. The second-order valence-corrected chi connectivity index (χ2v) is 7.42. The number of ether oxygens (including phenoxy) is 1. The summed E-state index contributed by atoms with van der Waals surface area (Å²) in [6.45, 7) is 1.20. The lowest BCUT2D eigenvalue weighted by molar-refractivity contribution is -0.127. The first-order chi connectivity index (χ1) is 12.1. The van der Waals surface area contributed by atoms with Crippen molar-refractivity contribution in [2.45, 2.75) is 25.3 Å². The van der Waals surface area contributed by atoms with Crippen molar-refractivity contribution in [2.75, 3.05) is 13.2 Å². The Hall–Kier alpha value is -1.91. The van der Waals surface area contributed by atoms with Crippen LogP contribution in [0, 0.1) is 11.2 Å². The highest BCUT2D eigenvalue weighted by molar-refractivity contribution is 6.30. The number of hydrogen-bond donors (Lipinski definition) is 1. The minimum absolute atomic E-state index is 0.118. The molecule has 0 saturated carbocycles. The molecule has 0 aliphatic carbocycles. The Labute approximate surface area is 151 Å². The molecule has 2 aromatic carbocycles. The molecule has 1 spiro atoms. The van der Waals surface area contributed by atoms with Crippen molar-refractivity contribution < 1.29 is 13.9 Å². The molecule has 2 atom stereocenters. The third-order valence-corrected chi connectivity index (χ3v) is 5.47. The number of nitrogens with one attached hydrogen (secondary N) is 1. The molecule has 0 bridgehead atoms. The third kappa shape index (κ3) is 3.16. The molecule has 2 unspecified atom stereocenters. The average Bonchev–Trinajstić information content (AvgIpc) is 3.19. The minimum atomic E-state index is -0.325. The maximum absolute atomic E-state index is 14.0. The van der Waals surface area contributed by atoms with Crippen LogP contribution >= 0.6 is 11.6 Å². The predicted octanol–water partition coefficient (Wildman–Crippen LogP) is 3.98. The summed E-state index contributed by atoms with van der Waals surface area (Å²) in [5.74, 6) is -0.170.